The lowest BCUT2D eigenvalue weighted by atomic mass is 9.98. The normalized spacial score (nSPS) is 9.80. The fourth-order valence-corrected chi connectivity index (χ4v) is 1.81. The Morgan fingerprint density at radius 2 is 1.25 bits per heavy atom. The number of hydrogen-bond donors (Lipinski definition) is 0. The molecule has 0 amide bonds. The van der Waals surface area contributed by atoms with E-state index in [2.05, 4.69) is 9.47 Å². The molecule has 0 fully saturated rings. The zero-order valence-electron chi connectivity index (χ0n) is 10.4. The maximum absolute atomic E-state index is 11.7. The third-order valence-electron chi connectivity index (χ3n) is 2.37. The van der Waals surface area contributed by atoms with Crippen molar-refractivity contribution in [1.82, 2.24) is 0 Å². The first kappa shape index (κ1) is 16.1. The molecule has 0 heterocycles. The van der Waals surface area contributed by atoms with E-state index in [1.165, 1.54) is 0 Å². The van der Waals surface area contributed by atoms with E-state index in [9.17, 15) is 19.2 Å². The zero-order valence-corrected chi connectivity index (χ0v) is 11.9. The second-order valence-corrected chi connectivity index (χ2v) is 4.16. The zero-order chi connectivity index (χ0) is 15.4. The van der Waals surface area contributed by atoms with Crippen molar-refractivity contribution in [3.63, 3.8) is 0 Å². The van der Waals surface area contributed by atoms with Gasteiger partial charge in [-0.2, -0.15) is 0 Å². The largest absolute Gasteiger partial charge is 0.465 e. The molecule has 0 aliphatic rings. The van der Waals surface area contributed by atoms with Crippen LogP contribution in [0.2, 0.25) is 0 Å². The molecular weight excluding hydrogens is 311 g/mol. The SMILES string of the molecule is COC(=O)c1cc(C(=O)Cl)c(C(=O)OC)c(C(=O)Cl)c1. The van der Waals surface area contributed by atoms with Gasteiger partial charge in [0.25, 0.3) is 10.5 Å². The maximum Gasteiger partial charge on any atom is 0.339 e. The molecule has 0 bridgehead atoms. The van der Waals surface area contributed by atoms with E-state index in [0.717, 1.165) is 26.4 Å². The summed E-state index contributed by atoms with van der Waals surface area (Å²) in [4.78, 5) is 45.9. The second kappa shape index (κ2) is 6.49. The van der Waals surface area contributed by atoms with E-state index in [1.807, 2.05) is 0 Å². The van der Waals surface area contributed by atoms with Crippen LogP contribution in [0, 0.1) is 0 Å². The topological polar surface area (TPSA) is 86.7 Å². The third kappa shape index (κ3) is 3.15. The van der Waals surface area contributed by atoms with Gasteiger partial charge in [-0.3, -0.25) is 9.59 Å². The molecule has 0 radical (unpaired) electrons. The Balaban J connectivity index is 3.72. The molecule has 1 aromatic rings. The molecule has 106 valence electrons. The van der Waals surface area contributed by atoms with Crippen molar-refractivity contribution >= 4 is 45.6 Å². The molecule has 0 N–H and O–H groups in total. The monoisotopic (exact) mass is 318 g/mol. The summed E-state index contributed by atoms with van der Waals surface area (Å²) in [7, 11) is 2.17. The number of rotatable bonds is 4. The Bertz CT molecular complexity index is 573. The number of hydrogen-bond acceptors (Lipinski definition) is 6. The molecule has 0 spiro atoms. The fourth-order valence-electron chi connectivity index (χ4n) is 1.51. The van der Waals surface area contributed by atoms with Crippen molar-refractivity contribution in [3.8, 4) is 0 Å². The van der Waals surface area contributed by atoms with Crippen molar-refractivity contribution in [2.24, 2.45) is 0 Å². The summed E-state index contributed by atoms with van der Waals surface area (Å²) in [5.74, 6) is -1.80. The highest BCUT2D eigenvalue weighted by Gasteiger charge is 2.26. The Kier molecular flexibility index (Phi) is 5.24. The molecule has 8 heteroatoms. The van der Waals surface area contributed by atoms with Crippen molar-refractivity contribution < 1.29 is 28.7 Å². The van der Waals surface area contributed by atoms with Crippen LogP contribution in [0.15, 0.2) is 12.1 Å². The fraction of sp³-hybridized carbons (Fsp3) is 0.167. The Labute approximate surface area is 123 Å². The highest BCUT2D eigenvalue weighted by molar-refractivity contribution is 6.70. The molecule has 0 unspecified atom stereocenters. The predicted molar refractivity (Wildman–Crippen MR) is 69.5 cm³/mol. The minimum absolute atomic E-state index is 0.145. The predicted octanol–water partition coefficient (Wildman–Crippen LogP) is 2.02. The van der Waals surface area contributed by atoms with Crippen molar-refractivity contribution in [2.75, 3.05) is 14.2 Å². The quantitative estimate of drug-likeness (QED) is 0.623. The smallest absolute Gasteiger partial charge is 0.339 e. The first-order valence-corrected chi connectivity index (χ1v) is 5.83. The second-order valence-electron chi connectivity index (χ2n) is 3.48. The van der Waals surface area contributed by atoms with Crippen LogP contribution in [-0.4, -0.2) is 36.6 Å². The Hall–Kier alpha value is -1.92. The molecule has 1 rings (SSSR count). The van der Waals surface area contributed by atoms with Gasteiger partial charge in [-0.25, -0.2) is 9.59 Å². The van der Waals surface area contributed by atoms with Crippen molar-refractivity contribution in [2.45, 2.75) is 0 Å². The molecular formula is C12H8Cl2O6. The lowest BCUT2D eigenvalue weighted by Gasteiger charge is -2.10. The van der Waals surface area contributed by atoms with E-state index in [0.29, 0.717) is 0 Å². The molecule has 1 aromatic carbocycles. The van der Waals surface area contributed by atoms with Crippen LogP contribution in [0.1, 0.15) is 41.4 Å². The Morgan fingerprint density at radius 3 is 1.55 bits per heavy atom. The van der Waals surface area contributed by atoms with E-state index in [-0.39, 0.29) is 16.7 Å². The lowest BCUT2D eigenvalue weighted by molar-refractivity contribution is 0.0583. The van der Waals surface area contributed by atoms with Gasteiger partial charge < -0.3 is 9.47 Å². The summed E-state index contributed by atoms with van der Waals surface area (Å²) < 4.78 is 8.94. The number of esters is 2. The number of carbonyl (C=O) groups is 4. The number of halogens is 2. The van der Waals surface area contributed by atoms with Crippen molar-refractivity contribution in [3.05, 3.63) is 34.4 Å². The van der Waals surface area contributed by atoms with Gasteiger partial charge in [0.2, 0.25) is 0 Å². The van der Waals surface area contributed by atoms with Crippen LogP contribution in [0.3, 0.4) is 0 Å². The first-order valence-electron chi connectivity index (χ1n) is 5.07. The highest BCUT2D eigenvalue weighted by atomic mass is 35.5. The van der Waals surface area contributed by atoms with Crippen LogP contribution in [-0.2, 0) is 9.47 Å². The lowest BCUT2D eigenvalue weighted by Crippen LogP contribution is -2.15. The average Bonchev–Trinajstić information content (AvgIpc) is 2.43. The summed E-state index contributed by atoms with van der Waals surface area (Å²) in [6.07, 6.45) is 0. The van der Waals surface area contributed by atoms with Gasteiger partial charge >= 0.3 is 11.9 Å². The molecule has 0 aliphatic heterocycles. The average molecular weight is 319 g/mol. The standard InChI is InChI=1S/C12H8Cl2O6/c1-19-11(17)5-3-6(9(13)15)8(12(18)20-2)7(4-5)10(14)16/h3-4H,1-2H3. The number of ether oxygens (including phenoxy) is 2. The maximum atomic E-state index is 11.7. The van der Waals surface area contributed by atoms with Gasteiger partial charge in [0.1, 0.15) is 0 Å². The van der Waals surface area contributed by atoms with E-state index >= 15 is 0 Å². The van der Waals surface area contributed by atoms with E-state index < -0.39 is 28.0 Å². The van der Waals surface area contributed by atoms with E-state index in [1.54, 1.807) is 0 Å². The van der Waals surface area contributed by atoms with Gasteiger partial charge in [0.15, 0.2) is 0 Å². The van der Waals surface area contributed by atoms with Gasteiger partial charge in [-0.1, -0.05) is 0 Å². The molecule has 0 aromatic heterocycles. The number of methoxy groups -OCH3 is 2. The first-order chi connectivity index (χ1) is 9.33. The highest BCUT2D eigenvalue weighted by Crippen LogP contribution is 2.23. The van der Waals surface area contributed by atoms with Crippen LogP contribution in [0.5, 0.6) is 0 Å². The molecule has 0 saturated heterocycles. The van der Waals surface area contributed by atoms with E-state index in [4.69, 9.17) is 23.2 Å². The van der Waals surface area contributed by atoms with Gasteiger partial charge in [-0.05, 0) is 35.3 Å². The van der Waals surface area contributed by atoms with Crippen LogP contribution >= 0.6 is 23.2 Å². The van der Waals surface area contributed by atoms with Gasteiger partial charge in [0.05, 0.1) is 36.5 Å². The minimum Gasteiger partial charge on any atom is -0.465 e. The molecule has 6 nitrogen and oxygen atoms in total. The minimum atomic E-state index is -1.05. The summed E-state index contributed by atoms with van der Waals surface area (Å²) in [5, 5.41) is -2.09. The molecule has 20 heavy (non-hydrogen) atoms. The number of benzene rings is 1. The van der Waals surface area contributed by atoms with Gasteiger partial charge in [-0.15, -0.1) is 0 Å². The van der Waals surface area contributed by atoms with Crippen LogP contribution in [0.4, 0.5) is 0 Å². The van der Waals surface area contributed by atoms with Crippen LogP contribution in [0.25, 0.3) is 0 Å². The Morgan fingerprint density at radius 1 is 0.850 bits per heavy atom. The summed E-state index contributed by atoms with van der Waals surface area (Å²) in [6.45, 7) is 0. The molecule has 0 aliphatic carbocycles. The third-order valence-corrected chi connectivity index (χ3v) is 2.78. The van der Waals surface area contributed by atoms with Gasteiger partial charge in [0, 0.05) is 0 Å². The number of carbonyl (C=O) groups excluding carboxylic acids is 4. The summed E-state index contributed by atoms with van der Waals surface area (Å²) >= 11 is 10.7. The summed E-state index contributed by atoms with van der Waals surface area (Å²) in [5.41, 5.74) is -1.29. The summed E-state index contributed by atoms with van der Waals surface area (Å²) in [6, 6.07) is 2.05. The molecule has 0 atom stereocenters. The van der Waals surface area contributed by atoms with Crippen molar-refractivity contribution in [1.29, 1.82) is 0 Å². The van der Waals surface area contributed by atoms with Crippen LogP contribution < -0.4 is 0 Å². The molecule has 0 saturated carbocycles.